The second-order valence-electron chi connectivity index (χ2n) is 9.38. The summed E-state index contributed by atoms with van der Waals surface area (Å²) in [5, 5.41) is 2.55. The van der Waals surface area contributed by atoms with E-state index in [4.69, 9.17) is 4.28 Å². The van der Waals surface area contributed by atoms with E-state index >= 15 is 0 Å². The molecule has 1 aromatic carbocycles. The Morgan fingerprint density at radius 3 is 2.17 bits per heavy atom. The van der Waals surface area contributed by atoms with E-state index in [1.54, 1.807) is 13.8 Å². The first-order valence-corrected chi connectivity index (χ1v) is 15.1. The second kappa shape index (κ2) is 10.5. The molecule has 1 saturated carbocycles. The lowest BCUT2D eigenvalue weighted by Gasteiger charge is -2.38. The molecule has 170 valence electrons. The largest absolute Gasteiger partial charge is 0.307 e. The van der Waals surface area contributed by atoms with Crippen molar-refractivity contribution >= 4 is 20.1 Å². The van der Waals surface area contributed by atoms with Crippen LogP contribution in [0.5, 0.6) is 0 Å². The van der Waals surface area contributed by atoms with E-state index in [9.17, 15) is 13.3 Å². The molecule has 0 N–H and O–H groups in total. The van der Waals surface area contributed by atoms with Crippen LogP contribution in [-0.2, 0) is 20.5 Å². The van der Waals surface area contributed by atoms with Crippen LogP contribution in [0.25, 0.3) is 0 Å². The molecule has 7 heteroatoms. The molecule has 30 heavy (non-hydrogen) atoms. The molecular formula is C23H37NO4S2. The molecule has 1 aromatic rings. The van der Waals surface area contributed by atoms with Gasteiger partial charge in [-0.05, 0) is 92.2 Å². The fourth-order valence-electron chi connectivity index (χ4n) is 4.84. The number of aryl methyl sites for hydroxylation is 1. The Hall–Kier alpha value is -1.08. The second-order valence-corrected chi connectivity index (χ2v) is 15.0. The van der Waals surface area contributed by atoms with Crippen molar-refractivity contribution in [2.75, 3.05) is 17.3 Å². The lowest BCUT2D eigenvalue weighted by Crippen LogP contribution is -2.26. The molecule has 0 aromatic heterocycles. The quantitative estimate of drug-likeness (QED) is 0.328. The van der Waals surface area contributed by atoms with Crippen molar-refractivity contribution in [1.29, 1.82) is 0 Å². The van der Waals surface area contributed by atoms with Crippen molar-refractivity contribution in [2.24, 2.45) is 17.2 Å². The maximum Gasteiger partial charge on any atom is 0.167 e. The summed E-state index contributed by atoms with van der Waals surface area (Å²) in [6.07, 6.45) is 9.99. The standard InChI is InChI=1S/C23H37NO4S2/c1-19(2)30(26,27)18-22-10-8-20(9-11-22)6-7-21-12-14-23(15-13-21)29(28-24-25)16-4-3-5-17-29/h12-15,19-20,22H,3-11,16-18H2,1-2H3. The van der Waals surface area contributed by atoms with Crippen molar-refractivity contribution in [3.05, 3.63) is 34.7 Å². The summed E-state index contributed by atoms with van der Waals surface area (Å²) >= 11 is 0. The van der Waals surface area contributed by atoms with Crippen LogP contribution >= 0.6 is 10.3 Å². The first kappa shape index (κ1) is 23.6. The molecule has 3 rings (SSSR count). The first-order valence-electron chi connectivity index (χ1n) is 11.5. The summed E-state index contributed by atoms with van der Waals surface area (Å²) in [6, 6.07) is 8.67. The highest BCUT2D eigenvalue weighted by atomic mass is 32.3. The van der Waals surface area contributed by atoms with E-state index in [0.29, 0.717) is 17.6 Å². The number of rotatable bonds is 9. The number of nitrogens with zero attached hydrogens (tertiary/aromatic N) is 1. The molecule has 1 saturated heterocycles. The SMILES string of the molecule is CC(C)S(=O)(=O)CC1CCC(CCc2ccc(S3(ON=O)CCCCC3)cc2)CC1. The summed E-state index contributed by atoms with van der Waals surface area (Å²) in [5.74, 6) is 3.28. The van der Waals surface area contributed by atoms with E-state index < -0.39 is 20.1 Å². The predicted octanol–water partition coefficient (Wildman–Crippen LogP) is 6.21. The molecule has 0 unspecified atom stereocenters. The molecule has 0 amide bonds. The Bertz CT molecular complexity index is 778. The Balaban J connectivity index is 1.48. The van der Waals surface area contributed by atoms with Gasteiger partial charge in [0.05, 0.1) is 11.0 Å². The van der Waals surface area contributed by atoms with Gasteiger partial charge in [-0.15, -0.1) is 4.91 Å². The van der Waals surface area contributed by atoms with Gasteiger partial charge in [-0.3, -0.25) is 0 Å². The Kier molecular flexibility index (Phi) is 8.24. The highest BCUT2D eigenvalue weighted by Gasteiger charge is 2.32. The summed E-state index contributed by atoms with van der Waals surface area (Å²) < 4.78 is 29.8. The maximum absolute atomic E-state index is 12.2. The summed E-state index contributed by atoms with van der Waals surface area (Å²) in [5.41, 5.74) is 1.33. The van der Waals surface area contributed by atoms with Gasteiger partial charge in [-0.1, -0.05) is 31.4 Å². The highest BCUT2D eigenvalue weighted by molar-refractivity contribution is 8.29. The third kappa shape index (κ3) is 6.00. The molecule has 0 atom stereocenters. The zero-order valence-electron chi connectivity index (χ0n) is 18.4. The summed E-state index contributed by atoms with van der Waals surface area (Å²) in [6.45, 7) is 3.57. The van der Waals surface area contributed by atoms with Gasteiger partial charge < -0.3 is 4.28 Å². The van der Waals surface area contributed by atoms with Crippen LogP contribution in [0.3, 0.4) is 0 Å². The van der Waals surface area contributed by atoms with Gasteiger partial charge >= 0.3 is 0 Å². The van der Waals surface area contributed by atoms with Crippen LogP contribution in [0.2, 0.25) is 0 Å². The van der Waals surface area contributed by atoms with Crippen molar-refractivity contribution in [1.82, 2.24) is 0 Å². The third-order valence-electron chi connectivity index (χ3n) is 6.97. The molecule has 0 spiro atoms. The van der Waals surface area contributed by atoms with Gasteiger partial charge in [0, 0.05) is 16.4 Å². The maximum atomic E-state index is 12.2. The number of hydrogen-bond donors (Lipinski definition) is 0. The minimum Gasteiger partial charge on any atom is -0.307 e. The molecule has 1 aliphatic heterocycles. The molecule has 5 nitrogen and oxygen atoms in total. The van der Waals surface area contributed by atoms with E-state index in [1.165, 1.54) is 12.0 Å². The fraction of sp³-hybridized carbons (Fsp3) is 0.739. The normalized spacial score (nSPS) is 25.6. The van der Waals surface area contributed by atoms with E-state index in [0.717, 1.165) is 67.8 Å². The Morgan fingerprint density at radius 1 is 1.00 bits per heavy atom. The zero-order chi connectivity index (χ0) is 21.6. The Labute approximate surface area is 183 Å². The average Bonchev–Trinajstić information content (AvgIpc) is 2.74. The molecular weight excluding hydrogens is 418 g/mol. The number of sulfone groups is 1. The molecule has 1 heterocycles. The molecule has 0 bridgehead atoms. The van der Waals surface area contributed by atoms with E-state index in [1.807, 2.05) is 0 Å². The topological polar surface area (TPSA) is 72.8 Å². The fourth-order valence-corrected chi connectivity index (χ4v) is 9.22. The molecule has 0 radical (unpaired) electrons. The summed E-state index contributed by atoms with van der Waals surface area (Å²) in [4.78, 5) is 12.0. The van der Waals surface area contributed by atoms with E-state index in [2.05, 4.69) is 29.6 Å². The highest BCUT2D eigenvalue weighted by Crippen LogP contribution is 2.60. The van der Waals surface area contributed by atoms with Gasteiger partial charge in [0.25, 0.3) is 0 Å². The molecule has 1 aliphatic carbocycles. The van der Waals surface area contributed by atoms with Crippen LogP contribution < -0.4 is 0 Å². The van der Waals surface area contributed by atoms with Crippen LogP contribution in [0.15, 0.2) is 34.5 Å². The van der Waals surface area contributed by atoms with Crippen molar-refractivity contribution in [3.63, 3.8) is 0 Å². The van der Waals surface area contributed by atoms with Gasteiger partial charge in [-0.25, -0.2) is 8.42 Å². The molecule has 2 aliphatic rings. The van der Waals surface area contributed by atoms with Crippen molar-refractivity contribution in [2.45, 2.75) is 81.8 Å². The van der Waals surface area contributed by atoms with Crippen LogP contribution in [0, 0.1) is 16.7 Å². The minimum absolute atomic E-state index is 0.263. The third-order valence-corrected chi connectivity index (χ3v) is 12.7. The first-order chi connectivity index (χ1) is 14.3. The monoisotopic (exact) mass is 455 g/mol. The predicted molar refractivity (Wildman–Crippen MR) is 125 cm³/mol. The van der Waals surface area contributed by atoms with Gasteiger partial charge in [0.1, 0.15) is 0 Å². The van der Waals surface area contributed by atoms with E-state index in [-0.39, 0.29) is 5.25 Å². The van der Waals surface area contributed by atoms with Crippen molar-refractivity contribution < 1.29 is 12.7 Å². The lowest BCUT2D eigenvalue weighted by molar-refractivity contribution is 0.278. The van der Waals surface area contributed by atoms with Crippen molar-refractivity contribution in [3.8, 4) is 0 Å². The van der Waals surface area contributed by atoms with Crippen LogP contribution in [0.4, 0.5) is 0 Å². The van der Waals surface area contributed by atoms with Gasteiger partial charge in [-0.2, -0.15) is 0 Å². The smallest absolute Gasteiger partial charge is 0.167 e. The van der Waals surface area contributed by atoms with Crippen LogP contribution in [0.1, 0.15) is 70.8 Å². The number of benzene rings is 1. The minimum atomic E-state index is -2.93. The van der Waals surface area contributed by atoms with Gasteiger partial charge in [0.2, 0.25) is 0 Å². The lowest BCUT2D eigenvalue weighted by atomic mass is 9.80. The number of hydrogen-bond acceptors (Lipinski definition) is 5. The zero-order valence-corrected chi connectivity index (χ0v) is 20.1. The van der Waals surface area contributed by atoms with Crippen LogP contribution in [-0.4, -0.2) is 30.9 Å². The average molecular weight is 456 g/mol. The summed E-state index contributed by atoms with van der Waals surface area (Å²) in [7, 11) is -4.46. The van der Waals surface area contributed by atoms with Gasteiger partial charge in [0.15, 0.2) is 15.2 Å². The molecule has 2 fully saturated rings. The Morgan fingerprint density at radius 2 is 1.60 bits per heavy atom.